The van der Waals surface area contributed by atoms with Crippen LogP contribution in [0.2, 0.25) is 5.02 Å². The highest BCUT2D eigenvalue weighted by Gasteiger charge is 2.41. The zero-order chi connectivity index (χ0) is 22.1. The summed E-state index contributed by atoms with van der Waals surface area (Å²) in [7, 11) is 4.63. The van der Waals surface area contributed by atoms with Gasteiger partial charge in [-0.2, -0.15) is 0 Å². The number of allylic oxidation sites excluding steroid dienone is 2. The lowest BCUT2D eigenvalue weighted by molar-refractivity contribution is -0.119. The second-order valence-corrected chi connectivity index (χ2v) is 7.96. The Bertz CT molecular complexity index is 1060. The second kappa shape index (κ2) is 8.63. The molecule has 1 heterocycles. The van der Waals surface area contributed by atoms with Crippen molar-refractivity contribution in [1.82, 2.24) is 0 Å². The molecule has 2 aliphatic rings. The van der Waals surface area contributed by atoms with E-state index in [0.29, 0.717) is 52.8 Å². The number of ether oxygens (including phenoxy) is 3. The van der Waals surface area contributed by atoms with Crippen molar-refractivity contribution in [2.45, 2.75) is 31.6 Å². The Morgan fingerprint density at radius 3 is 2.26 bits per heavy atom. The molecule has 2 aromatic carbocycles. The minimum atomic E-state index is -0.409. The number of hydrogen-bond donors (Lipinski definition) is 0. The largest absolute Gasteiger partial charge is 0.493 e. The molecule has 1 aliphatic carbocycles. The smallest absolute Gasteiger partial charge is 0.232 e. The first-order valence-corrected chi connectivity index (χ1v) is 10.5. The molecule has 0 saturated carbocycles. The Morgan fingerprint density at radius 1 is 0.903 bits per heavy atom. The van der Waals surface area contributed by atoms with Crippen molar-refractivity contribution >= 4 is 29.0 Å². The summed E-state index contributed by atoms with van der Waals surface area (Å²) in [6.07, 6.45) is 1.99. The van der Waals surface area contributed by atoms with Crippen LogP contribution in [0.25, 0.3) is 0 Å². The molecule has 6 nitrogen and oxygen atoms in total. The van der Waals surface area contributed by atoms with Crippen molar-refractivity contribution in [3.63, 3.8) is 0 Å². The summed E-state index contributed by atoms with van der Waals surface area (Å²) in [6.45, 7) is 0. The van der Waals surface area contributed by atoms with Crippen molar-refractivity contribution < 1.29 is 23.8 Å². The third-order valence-electron chi connectivity index (χ3n) is 5.87. The van der Waals surface area contributed by atoms with E-state index in [-0.39, 0.29) is 18.1 Å². The number of anilines is 1. The van der Waals surface area contributed by atoms with E-state index in [1.165, 1.54) is 7.11 Å². The summed E-state index contributed by atoms with van der Waals surface area (Å²) in [4.78, 5) is 28.1. The predicted molar refractivity (Wildman–Crippen MR) is 118 cm³/mol. The van der Waals surface area contributed by atoms with Crippen LogP contribution in [-0.4, -0.2) is 33.0 Å². The molecule has 0 spiro atoms. The molecule has 162 valence electrons. The van der Waals surface area contributed by atoms with Crippen molar-refractivity contribution in [1.29, 1.82) is 0 Å². The van der Waals surface area contributed by atoms with Gasteiger partial charge in [0.05, 0.1) is 21.3 Å². The molecular formula is C24H24ClNO5. The fraction of sp³-hybridized carbons (Fsp3) is 0.333. The highest BCUT2D eigenvalue weighted by Crippen LogP contribution is 2.49. The lowest BCUT2D eigenvalue weighted by atomic mass is 9.76. The van der Waals surface area contributed by atoms with Gasteiger partial charge in [-0.15, -0.1) is 0 Å². The van der Waals surface area contributed by atoms with Crippen LogP contribution in [-0.2, 0) is 9.59 Å². The molecule has 0 unspecified atom stereocenters. The first-order chi connectivity index (χ1) is 15.0. The van der Waals surface area contributed by atoms with E-state index < -0.39 is 5.92 Å². The van der Waals surface area contributed by atoms with E-state index >= 15 is 0 Å². The lowest BCUT2D eigenvalue weighted by Gasteiger charge is -2.38. The number of ketones is 1. The van der Waals surface area contributed by atoms with Gasteiger partial charge in [-0.05, 0) is 43.2 Å². The van der Waals surface area contributed by atoms with Crippen LogP contribution in [0.1, 0.15) is 37.2 Å². The van der Waals surface area contributed by atoms with Crippen LogP contribution in [0.5, 0.6) is 17.2 Å². The molecule has 0 bridgehead atoms. The number of hydrogen-bond acceptors (Lipinski definition) is 5. The molecule has 31 heavy (non-hydrogen) atoms. The summed E-state index contributed by atoms with van der Waals surface area (Å²) < 4.78 is 16.6. The van der Waals surface area contributed by atoms with E-state index in [4.69, 9.17) is 25.8 Å². The Kier molecular flexibility index (Phi) is 5.92. The predicted octanol–water partition coefficient (Wildman–Crippen LogP) is 4.89. The van der Waals surface area contributed by atoms with Gasteiger partial charge in [-0.25, -0.2) is 0 Å². The van der Waals surface area contributed by atoms with Gasteiger partial charge < -0.3 is 14.2 Å². The number of Topliss-reactive ketones (excluding diaryl/α,β-unsaturated/α-hetero) is 1. The average Bonchev–Trinajstić information content (AvgIpc) is 2.78. The second-order valence-electron chi connectivity index (χ2n) is 7.52. The quantitative estimate of drug-likeness (QED) is 0.660. The van der Waals surface area contributed by atoms with Crippen molar-refractivity contribution in [2.24, 2.45) is 0 Å². The van der Waals surface area contributed by atoms with E-state index in [0.717, 1.165) is 11.3 Å². The molecule has 0 N–H and O–H groups in total. The maximum absolute atomic E-state index is 13.4. The SMILES string of the molecule is COc1ccc([C@@H]2CC(=O)N(c3ccc(Cl)cc3)C3=C2C(=O)CCC3)c(OC)c1OC. The molecule has 4 rings (SSSR count). The Hall–Kier alpha value is -2.99. The number of halogens is 1. The maximum Gasteiger partial charge on any atom is 0.232 e. The number of nitrogens with zero attached hydrogens (tertiary/aromatic N) is 1. The summed E-state index contributed by atoms with van der Waals surface area (Å²) in [5.41, 5.74) is 2.89. The van der Waals surface area contributed by atoms with Crippen molar-refractivity contribution in [2.75, 3.05) is 26.2 Å². The number of rotatable bonds is 5. The van der Waals surface area contributed by atoms with Crippen molar-refractivity contribution in [3.05, 3.63) is 58.3 Å². The molecule has 0 fully saturated rings. The third-order valence-corrected chi connectivity index (χ3v) is 6.12. The van der Waals surface area contributed by atoms with Gasteiger partial charge in [-0.3, -0.25) is 14.5 Å². The molecule has 0 saturated heterocycles. The summed E-state index contributed by atoms with van der Waals surface area (Å²) in [6, 6.07) is 10.7. The topological polar surface area (TPSA) is 65.1 Å². The molecule has 1 aliphatic heterocycles. The van der Waals surface area contributed by atoms with Crippen LogP contribution >= 0.6 is 11.6 Å². The first-order valence-electron chi connectivity index (χ1n) is 10.1. The van der Waals surface area contributed by atoms with Gasteiger partial charge in [0.25, 0.3) is 0 Å². The van der Waals surface area contributed by atoms with Gasteiger partial charge in [0, 0.05) is 46.3 Å². The molecule has 0 aromatic heterocycles. The standard InChI is InChI=1S/C24H24ClNO5/c1-29-20-12-11-16(23(30-2)24(20)31-3)17-13-21(28)26(15-9-7-14(25)8-10-15)18-5-4-6-19(27)22(17)18/h7-12,17H,4-6,13H2,1-3H3/t17-/m0/s1. The third kappa shape index (κ3) is 3.65. The fourth-order valence-corrected chi connectivity index (χ4v) is 4.67. The van der Waals surface area contributed by atoms with Gasteiger partial charge in [0.15, 0.2) is 17.3 Å². The van der Waals surface area contributed by atoms with Crippen LogP contribution in [0.3, 0.4) is 0 Å². The average molecular weight is 442 g/mol. The minimum Gasteiger partial charge on any atom is -0.493 e. The molecular weight excluding hydrogens is 418 g/mol. The zero-order valence-corrected chi connectivity index (χ0v) is 18.5. The molecule has 0 radical (unpaired) electrons. The molecule has 2 aromatic rings. The number of methoxy groups -OCH3 is 3. The van der Waals surface area contributed by atoms with Crippen LogP contribution in [0.15, 0.2) is 47.7 Å². The number of amides is 1. The first kappa shape index (κ1) is 21.2. The normalized spacial score (nSPS) is 18.7. The monoisotopic (exact) mass is 441 g/mol. The fourth-order valence-electron chi connectivity index (χ4n) is 4.55. The lowest BCUT2D eigenvalue weighted by Crippen LogP contribution is -2.40. The summed E-state index contributed by atoms with van der Waals surface area (Å²) >= 11 is 6.03. The van der Waals surface area contributed by atoms with E-state index in [1.807, 2.05) is 6.07 Å². The van der Waals surface area contributed by atoms with Gasteiger partial charge >= 0.3 is 0 Å². The number of benzene rings is 2. The highest BCUT2D eigenvalue weighted by molar-refractivity contribution is 6.30. The van der Waals surface area contributed by atoms with E-state index in [9.17, 15) is 9.59 Å². The zero-order valence-electron chi connectivity index (χ0n) is 17.7. The van der Waals surface area contributed by atoms with Gasteiger partial charge in [0.1, 0.15) is 0 Å². The van der Waals surface area contributed by atoms with Gasteiger partial charge in [-0.1, -0.05) is 17.7 Å². The van der Waals surface area contributed by atoms with Crippen LogP contribution < -0.4 is 19.1 Å². The number of carbonyl (C=O) groups is 2. The van der Waals surface area contributed by atoms with E-state index in [1.54, 1.807) is 49.5 Å². The Labute approximate surface area is 186 Å². The van der Waals surface area contributed by atoms with Crippen molar-refractivity contribution in [3.8, 4) is 17.2 Å². The Morgan fingerprint density at radius 2 is 1.61 bits per heavy atom. The Balaban J connectivity index is 1.89. The minimum absolute atomic E-state index is 0.0644. The highest BCUT2D eigenvalue weighted by atomic mass is 35.5. The van der Waals surface area contributed by atoms with E-state index in [2.05, 4.69) is 0 Å². The molecule has 1 atom stereocenters. The summed E-state index contributed by atoms with van der Waals surface area (Å²) in [5, 5.41) is 0.593. The summed E-state index contributed by atoms with van der Waals surface area (Å²) in [5.74, 6) is 1.03. The maximum atomic E-state index is 13.4. The number of carbonyl (C=O) groups excluding carboxylic acids is 2. The molecule has 1 amide bonds. The van der Waals surface area contributed by atoms with Crippen LogP contribution in [0.4, 0.5) is 5.69 Å². The van der Waals surface area contributed by atoms with Gasteiger partial charge in [0.2, 0.25) is 11.7 Å². The van der Waals surface area contributed by atoms with Crippen LogP contribution in [0, 0.1) is 0 Å². The molecule has 7 heteroatoms.